The normalized spacial score (nSPS) is 22.1. The highest BCUT2D eigenvalue weighted by Gasteiger charge is 2.30. The maximum atomic E-state index is 12.1. The number of likely N-dealkylation sites (tertiary alicyclic amines) is 1. The van der Waals surface area contributed by atoms with Crippen molar-refractivity contribution in [3.8, 4) is 0 Å². The molecule has 1 amide bonds. The first-order valence-electron chi connectivity index (χ1n) is 6.75. The van der Waals surface area contributed by atoms with Crippen LogP contribution in [0.25, 0.3) is 0 Å². The van der Waals surface area contributed by atoms with Crippen molar-refractivity contribution in [2.75, 3.05) is 26.2 Å². The molecule has 1 aliphatic rings. The number of carbonyl (C=O) groups is 1. The van der Waals surface area contributed by atoms with Gasteiger partial charge < -0.3 is 16.0 Å². The summed E-state index contributed by atoms with van der Waals surface area (Å²) in [5.41, 5.74) is 5.27. The van der Waals surface area contributed by atoms with Crippen LogP contribution in [-0.4, -0.2) is 43.0 Å². The molecule has 0 spiro atoms. The van der Waals surface area contributed by atoms with Crippen molar-refractivity contribution in [1.82, 2.24) is 10.2 Å². The Kier molecular flexibility index (Phi) is 5.40. The number of hydrogen-bond acceptors (Lipinski definition) is 3. The van der Waals surface area contributed by atoms with Crippen molar-refractivity contribution < 1.29 is 4.79 Å². The second kappa shape index (κ2) is 6.36. The van der Waals surface area contributed by atoms with E-state index >= 15 is 0 Å². The molecule has 0 radical (unpaired) electrons. The molecule has 0 saturated carbocycles. The van der Waals surface area contributed by atoms with Crippen molar-refractivity contribution in [3.63, 3.8) is 0 Å². The quantitative estimate of drug-likeness (QED) is 0.728. The Labute approximate surface area is 105 Å². The summed E-state index contributed by atoms with van der Waals surface area (Å²) in [5.74, 6) is 0.0918. The van der Waals surface area contributed by atoms with Gasteiger partial charge in [-0.05, 0) is 46.2 Å². The van der Waals surface area contributed by atoms with Crippen LogP contribution in [-0.2, 0) is 4.79 Å². The molecule has 2 unspecified atom stereocenters. The molecule has 0 aromatic heterocycles. The Morgan fingerprint density at radius 1 is 1.47 bits per heavy atom. The maximum Gasteiger partial charge on any atom is 0.227 e. The highest BCUT2D eigenvalue weighted by molar-refractivity contribution is 5.82. The lowest BCUT2D eigenvalue weighted by atomic mass is 9.86. The molecule has 1 fully saturated rings. The molecule has 3 N–H and O–H groups in total. The summed E-state index contributed by atoms with van der Waals surface area (Å²) in [6.45, 7) is 9.72. The summed E-state index contributed by atoms with van der Waals surface area (Å²) in [6.07, 6.45) is 3.36. The van der Waals surface area contributed by atoms with Gasteiger partial charge in [-0.2, -0.15) is 0 Å². The van der Waals surface area contributed by atoms with E-state index in [2.05, 4.69) is 17.1 Å². The molecule has 100 valence electrons. The first-order valence-corrected chi connectivity index (χ1v) is 6.75. The molecular weight excluding hydrogens is 214 g/mol. The number of nitrogens with one attached hydrogen (secondary N) is 1. The average Bonchev–Trinajstić information content (AvgIpc) is 2.80. The van der Waals surface area contributed by atoms with Crippen LogP contribution < -0.4 is 11.1 Å². The topological polar surface area (TPSA) is 58.4 Å². The van der Waals surface area contributed by atoms with Gasteiger partial charge in [-0.1, -0.05) is 6.92 Å². The smallest absolute Gasteiger partial charge is 0.227 e. The van der Waals surface area contributed by atoms with Crippen molar-refractivity contribution in [3.05, 3.63) is 0 Å². The van der Waals surface area contributed by atoms with Crippen molar-refractivity contribution in [2.24, 2.45) is 11.1 Å². The second-order valence-electron chi connectivity index (χ2n) is 5.50. The highest BCUT2D eigenvalue weighted by Crippen LogP contribution is 2.19. The Morgan fingerprint density at radius 3 is 2.53 bits per heavy atom. The second-order valence-corrected chi connectivity index (χ2v) is 5.50. The van der Waals surface area contributed by atoms with Gasteiger partial charge in [0.25, 0.3) is 0 Å². The number of nitrogens with two attached hydrogens (primary N) is 1. The molecular formula is C13H27N3O. The van der Waals surface area contributed by atoms with E-state index in [1.54, 1.807) is 0 Å². The van der Waals surface area contributed by atoms with Crippen LogP contribution in [0.2, 0.25) is 0 Å². The first kappa shape index (κ1) is 14.5. The third-order valence-corrected chi connectivity index (χ3v) is 3.89. The van der Waals surface area contributed by atoms with Gasteiger partial charge in [0, 0.05) is 19.1 Å². The molecule has 1 aliphatic heterocycles. The van der Waals surface area contributed by atoms with E-state index in [9.17, 15) is 4.79 Å². The fourth-order valence-corrected chi connectivity index (χ4v) is 2.19. The lowest BCUT2D eigenvalue weighted by molar-refractivity contribution is -0.130. The fourth-order valence-electron chi connectivity index (χ4n) is 2.19. The summed E-state index contributed by atoms with van der Waals surface area (Å²) in [6, 6.07) is 0.207. The van der Waals surface area contributed by atoms with E-state index < -0.39 is 5.41 Å². The van der Waals surface area contributed by atoms with Gasteiger partial charge in [-0.15, -0.1) is 0 Å². The predicted octanol–water partition coefficient (Wildman–Crippen LogP) is 0.962. The van der Waals surface area contributed by atoms with Crippen LogP contribution >= 0.6 is 0 Å². The maximum absolute atomic E-state index is 12.1. The standard InChI is InChI=1S/C13H27N3O/c1-4-13(3,10-14)12(17)15-11(2)9-16-7-5-6-8-16/h11H,4-10,14H2,1-3H3,(H,15,17). The molecule has 4 heteroatoms. The summed E-state index contributed by atoms with van der Waals surface area (Å²) < 4.78 is 0. The van der Waals surface area contributed by atoms with Gasteiger partial charge in [-0.3, -0.25) is 4.79 Å². The lowest BCUT2D eigenvalue weighted by Crippen LogP contribution is -2.49. The molecule has 2 atom stereocenters. The molecule has 1 heterocycles. The van der Waals surface area contributed by atoms with Crippen LogP contribution in [0.1, 0.15) is 40.0 Å². The Hall–Kier alpha value is -0.610. The Morgan fingerprint density at radius 2 is 2.06 bits per heavy atom. The minimum Gasteiger partial charge on any atom is -0.352 e. The van der Waals surface area contributed by atoms with Crippen LogP contribution in [0.15, 0.2) is 0 Å². The molecule has 0 bridgehead atoms. The van der Waals surface area contributed by atoms with Crippen LogP contribution in [0.3, 0.4) is 0 Å². The van der Waals surface area contributed by atoms with Crippen molar-refractivity contribution >= 4 is 5.91 Å². The third-order valence-electron chi connectivity index (χ3n) is 3.89. The van der Waals surface area contributed by atoms with Gasteiger partial charge in [0.05, 0.1) is 5.41 Å². The minimum absolute atomic E-state index is 0.0918. The molecule has 17 heavy (non-hydrogen) atoms. The largest absolute Gasteiger partial charge is 0.352 e. The van der Waals surface area contributed by atoms with Gasteiger partial charge in [-0.25, -0.2) is 0 Å². The zero-order valence-electron chi connectivity index (χ0n) is 11.5. The summed E-state index contributed by atoms with van der Waals surface area (Å²) in [5, 5.41) is 3.09. The Bertz CT molecular complexity index is 245. The number of amides is 1. The van der Waals surface area contributed by atoms with Crippen LogP contribution in [0.5, 0.6) is 0 Å². The third kappa shape index (κ3) is 3.96. The zero-order valence-corrected chi connectivity index (χ0v) is 11.5. The molecule has 0 aliphatic carbocycles. The van der Waals surface area contributed by atoms with Crippen molar-refractivity contribution in [1.29, 1.82) is 0 Å². The van der Waals surface area contributed by atoms with Gasteiger partial charge in [0.15, 0.2) is 0 Å². The summed E-state index contributed by atoms with van der Waals surface area (Å²) in [4.78, 5) is 14.5. The van der Waals surface area contributed by atoms with E-state index in [0.717, 1.165) is 13.0 Å². The van der Waals surface area contributed by atoms with Gasteiger partial charge in [0.2, 0.25) is 5.91 Å². The van der Waals surface area contributed by atoms with E-state index in [-0.39, 0.29) is 11.9 Å². The monoisotopic (exact) mass is 241 g/mol. The van der Waals surface area contributed by atoms with E-state index in [1.165, 1.54) is 25.9 Å². The molecule has 0 aromatic carbocycles. The molecule has 1 rings (SSSR count). The number of rotatable bonds is 6. The van der Waals surface area contributed by atoms with E-state index in [0.29, 0.717) is 6.54 Å². The summed E-state index contributed by atoms with van der Waals surface area (Å²) in [7, 11) is 0. The van der Waals surface area contributed by atoms with Crippen LogP contribution in [0, 0.1) is 5.41 Å². The SMILES string of the molecule is CCC(C)(CN)C(=O)NC(C)CN1CCCC1. The number of hydrogen-bond donors (Lipinski definition) is 2. The molecule has 0 aromatic rings. The highest BCUT2D eigenvalue weighted by atomic mass is 16.2. The average molecular weight is 241 g/mol. The minimum atomic E-state index is -0.417. The van der Waals surface area contributed by atoms with Gasteiger partial charge >= 0.3 is 0 Å². The fraction of sp³-hybridized carbons (Fsp3) is 0.923. The number of nitrogens with zero attached hydrogens (tertiary/aromatic N) is 1. The molecule has 1 saturated heterocycles. The van der Waals surface area contributed by atoms with E-state index in [1.807, 2.05) is 13.8 Å². The summed E-state index contributed by atoms with van der Waals surface area (Å²) >= 11 is 0. The van der Waals surface area contributed by atoms with Crippen LogP contribution in [0.4, 0.5) is 0 Å². The Balaban J connectivity index is 2.38. The van der Waals surface area contributed by atoms with E-state index in [4.69, 9.17) is 5.73 Å². The van der Waals surface area contributed by atoms with Gasteiger partial charge in [0.1, 0.15) is 0 Å². The molecule has 4 nitrogen and oxygen atoms in total. The lowest BCUT2D eigenvalue weighted by Gasteiger charge is -2.28. The first-order chi connectivity index (χ1) is 8.01. The zero-order chi connectivity index (χ0) is 12.9. The predicted molar refractivity (Wildman–Crippen MR) is 70.7 cm³/mol. The van der Waals surface area contributed by atoms with Crippen molar-refractivity contribution in [2.45, 2.75) is 46.1 Å². The number of carbonyl (C=O) groups excluding carboxylic acids is 1.